The standard InChI is InChI=1S/C19H23NO2/c21-19(17-9-5-2-6-10-17)18(20-11-13-22-14-12-20)15-16-7-3-1-4-8-16/h1-10,18-19,21H,11-15H2/t18-,19-/m0/s1. The lowest BCUT2D eigenvalue weighted by Crippen LogP contribution is -2.47. The summed E-state index contributed by atoms with van der Waals surface area (Å²) < 4.78 is 5.46. The van der Waals surface area contributed by atoms with Crippen molar-refractivity contribution in [3.05, 3.63) is 71.8 Å². The summed E-state index contributed by atoms with van der Waals surface area (Å²) in [5.74, 6) is 0. The van der Waals surface area contributed by atoms with Crippen LogP contribution in [0.1, 0.15) is 17.2 Å². The monoisotopic (exact) mass is 297 g/mol. The number of rotatable bonds is 5. The van der Waals surface area contributed by atoms with E-state index in [9.17, 15) is 5.11 Å². The third kappa shape index (κ3) is 3.74. The van der Waals surface area contributed by atoms with Crippen LogP contribution in [-0.4, -0.2) is 42.4 Å². The summed E-state index contributed by atoms with van der Waals surface area (Å²) in [5, 5.41) is 10.9. The van der Waals surface area contributed by atoms with Gasteiger partial charge in [-0.05, 0) is 17.5 Å². The lowest BCUT2D eigenvalue weighted by atomic mass is 9.94. The van der Waals surface area contributed by atoms with Crippen molar-refractivity contribution in [1.82, 2.24) is 4.90 Å². The highest BCUT2D eigenvalue weighted by molar-refractivity contribution is 5.22. The van der Waals surface area contributed by atoms with Gasteiger partial charge in [0.1, 0.15) is 0 Å². The van der Waals surface area contributed by atoms with E-state index in [0.29, 0.717) is 0 Å². The molecule has 2 aromatic rings. The second-order valence-electron chi connectivity index (χ2n) is 5.76. The summed E-state index contributed by atoms with van der Waals surface area (Å²) in [5.41, 5.74) is 2.24. The quantitative estimate of drug-likeness (QED) is 0.921. The average molecular weight is 297 g/mol. The van der Waals surface area contributed by atoms with Crippen LogP contribution in [0.25, 0.3) is 0 Å². The maximum absolute atomic E-state index is 10.9. The molecule has 0 aromatic heterocycles. The van der Waals surface area contributed by atoms with Crippen LogP contribution in [-0.2, 0) is 11.2 Å². The number of benzene rings is 2. The van der Waals surface area contributed by atoms with E-state index in [1.807, 2.05) is 36.4 Å². The first-order valence-electron chi connectivity index (χ1n) is 7.93. The van der Waals surface area contributed by atoms with Crippen molar-refractivity contribution >= 4 is 0 Å². The highest BCUT2D eigenvalue weighted by atomic mass is 16.5. The Morgan fingerprint density at radius 2 is 1.50 bits per heavy atom. The average Bonchev–Trinajstić information content (AvgIpc) is 2.61. The van der Waals surface area contributed by atoms with Crippen molar-refractivity contribution in [3.8, 4) is 0 Å². The molecule has 0 spiro atoms. The van der Waals surface area contributed by atoms with Crippen LogP contribution in [0.15, 0.2) is 60.7 Å². The molecule has 3 rings (SSSR count). The molecule has 0 unspecified atom stereocenters. The fourth-order valence-corrected chi connectivity index (χ4v) is 3.08. The molecule has 1 N–H and O–H groups in total. The minimum absolute atomic E-state index is 0.0775. The molecule has 22 heavy (non-hydrogen) atoms. The third-order valence-electron chi connectivity index (χ3n) is 4.31. The summed E-state index contributed by atoms with van der Waals surface area (Å²) in [4.78, 5) is 2.36. The molecule has 1 heterocycles. The molecule has 1 aliphatic rings. The van der Waals surface area contributed by atoms with Crippen LogP contribution in [0.3, 0.4) is 0 Å². The van der Waals surface area contributed by atoms with Crippen LogP contribution in [0.5, 0.6) is 0 Å². The normalized spacial score (nSPS) is 18.8. The molecular weight excluding hydrogens is 274 g/mol. The molecule has 0 saturated carbocycles. The summed E-state index contributed by atoms with van der Waals surface area (Å²) in [6, 6.07) is 20.4. The molecule has 1 fully saturated rings. The van der Waals surface area contributed by atoms with Gasteiger partial charge in [0.25, 0.3) is 0 Å². The summed E-state index contributed by atoms with van der Waals surface area (Å²) in [6.45, 7) is 3.24. The third-order valence-corrected chi connectivity index (χ3v) is 4.31. The highest BCUT2D eigenvalue weighted by Gasteiger charge is 2.28. The first-order chi connectivity index (χ1) is 10.8. The number of hydrogen-bond acceptors (Lipinski definition) is 3. The van der Waals surface area contributed by atoms with E-state index < -0.39 is 6.10 Å². The van der Waals surface area contributed by atoms with E-state index >= 15 is 0 Å². The van der Waals surface area contributed by atoms with Crippen molar-refractivity contribution in [2.45, 2.75) is 18.6 Å². The van der Waals surface area contributed by atoms with Crippen LogP contribution < -0.4 is 0 Å². The van der Waals surface area contributed by atoms with Crippen LogP contribution in [0.4, 0.5) is 0 Å². The molecule has 0 aliphatic carbocycles. The molecule has 0 amide bonds. The maximum atomic E-state index is 10.9. The maximum Gasteiger partial charge on any atom is 0.0948 e. The van der Waals surface area contributed by atoms with Gasteiger partial charge in [-0.1, -0.05) is 60.7 Å². The van der Waals surface area contributed by atoms with E-state index in [1.165, 1.54) is 5.56 Å². The number of ether oxygens (including phenoxy) is 1. The zero-order chi connectivity index (χ0) is 15.2. The molecule has 116 valence electrons. The largest absolute Gasteiger partial charge is 0.387 e. The lowest BCUT2D eigenvalue weighted by Gasteiger charge is -2.37. The first kappa shape index (κ1) is 15.2. The Morgan fingerprint density at radius 1 is 0.909 bits per heavy atom. The fourth-order valence-electron chi connectivity index (χ4n) is 3.08. The minimum Gasteiger partial charge on any atom is -0.387 e. The van der Waals surface area contributed by atoms with Gasteiger partial charge in [-0.2, -0.15) is 0 Å². The molecule has 1 saturated heterocycles. The van der Waals surface area contributed by atoms with Gasteiger partial charge in [0.15, 0.2) is 0 Å². The minimum atomic E-state index is -0.487. The fraction of sp³-hybridized carbons (Fsp3) is 0.368. The molecule has 1 aliphatic heterocycles. The smallest absolute Gasteiger partial charge is 0.0948 e. The molecule has 3 nitrogen and oxygen atoms in total. The van der Waals surface area contributed by atoms with Gasteiger partial charge in [0, 0.05) is 19.1 Å². The Hall–Kier alpha value is -1.68. The van der Waals surface area contributed by atoms with E-state index in [0.717, 1.165) is 38.3 Å². The molecule has 3 heteroatoms. The number of morpholine rings is 1. The second-order valence-corrected chi connectivity index (χ2v) is 5.76. The van der Waals surface area contributed by atoms with Gasteiger partial charge >= 0.3 is 0 Å². The zero-order valence-corrected chi connectivity index (χ0v) is 12.8. The summed E-state index contributed by atoms with van der Waals surface area (Å²) in [7, 11) is 0. The van der Waals surface area contributed by atoms with E-state index in [-0.39, 0.29) is 6.04 Å². The number of aliphatic hydroxyl groups is 1. The number of aliphatic hydroxyl groups excluding tert-OH is 1. The lowest BCUT2D eigenvalue weighted by molar-refractivity contribution is -0.0224. The Balaban J connectivity index is 1.81. The Labute approximate surface area is 132 Å². The Morgan fingerprint density at radius 3 is 2.14 bits per heavy atom. The number of hydrogen-bond donors (Lipinski definition) is 1. The van der Waals surface area contributed by atoms with E-state index in [1.54, 1.807) is 0 Å². The van der Waals surface area contributed by atoms with Gasteiger partial charge in [-0.25, -0.2) is 0 Å². The van der Waals surface area contributed by atoms with Gasteiger partial charge in [0.05, 0.1) is 19.3 Å². The predicted octanol–water partition coefficient (Wildman–Crippen LogP) is 2.66. The Kier molecular flexibility index (Phi) is 5.22. The topological polar surface area (TPSA) is 32.7 Å². The van der Waals surface area contributed by atoms with Crippen molar-refractivity contribution in [2.75, 3.05) is 26.3 Å². The van der Waals surface area contributed by atoms with Gasteiger partial charge < -0.3 is 9.84 Å². The molecule has 2 aromatic carbocycles. The van der Waals surface area contributed by atoms with Gasteiger partial charge in [-0.3, -0.25) is 4.90 Å². The second kappa shape index (κ2) is 7.54. The van der Waals surface area contributed by atoms with Crippen molar-refractivity contribution < 1.29 is 9.84 Å². The summed E-state index contributed by atoms with van der Waals surface area (Å²) in [6.07, 6.45) is 0.358. The van der Waals surface area contributed by atoms with Crippen molar-refractivity contribution in [1.29, 1.82) is 0 Å². The predicted molar refractivity (Wildman–Crippen MR) is 87.7 cm³/mol. The van der Waals surface area contributed by atoms with E-state index in [2.05, 4.69) is 29.2 Å². The van der Waals surface area contributed by atoms with Crippen LogP contribution in [0.2, 0.25) is 0 Å². The molecule has 0 radical (unpaired) electrons. The molecule has 0 bridgehead atoms. The van der Waals surface area contributed by atoms with Crippen molar-refractivity contribution in [2.24, 2.45) is 0 Å². The van der Waals surface area contributed by atoms with E-state index in [4.69, 9.17) is 4.74 Å². The van der Waals surface area contributed by atoms with Crippen molar-refractivity contribution in [3.63, 3.8) is 0 Å². The zero-order valence-electron chi connectivity index (χ0n) is 12.8. The molecular formula is C19H23NO2. The Bertz CT molecular complexity index is 552. The first-order valence-corrected chi connectivity index (χ1v) is 7.93. The van der Waals surface area contributed by atoms with Crippen LogP contribution in [0, 0.1) is 0 Å². The molecule has 2 atom stereocenters. The summed E-state index contributed by atoms with van der Waals surface area (Å²) >= 11 is 0. The van der Waals surface area contributed by atoms with Crippen LogP contribution >= 0.6 is 0 Å². The van der Waals surface area contributed by atoms with Gasteiger partial charge in [-0.15, -0.1) is 0 Å². The van der Waals surface area contributed by atoms with Gasteiger partial charge in [0.2, 0.25) is 0 Å². The number of nitrogens with zero attached hydrogens (tertiary/aromatic N) is 1. The SMILES string of the molecule is O[C@@H](c1ccccc1)[C@H](Cc1ccccc1)N1CCOCC1. The highest BCUT2D eigenvalue weighted by Crippen LogP contribution is 2.25.